The molecule has 4 nitrogen and oxygen atoms in total. The summed E-state index contributed by atoms with van der Waals surface area (Å²) in [6, 6.07) is 3.94. The summed E-state index contributed by atoms with van der Waals surface area (Å²) in [5.74, 6) is -1.27. The summed E-state index contributed by atoms with van der Waals surface area (Å²) < 4.78 is 12.9. The molecular formula is C16H23FN2O2. The number of aromatic hydroxyl groups is 1. The second-order valence-corrected chi connectivity index (χ2v) is 5.56. The predicted octanol–water partition coefficient (Wildman–Crippen LogP) is 2.57. The lowest BCUT2D eigenvalue weighted by atomic mass is 10.1. The highest BCUT2D eigenvalue weighted by atomic mass is 19.1. The van der Waals surface area contributed by atoms with Crippen LogP contribution >= 0.6 is 0 Å². The smallest absolute Gasteiger partial charge is 0.255 e. The van der Waals surface area contributed by atoms with Gasteiger partial charge in [-0.2, -0.15) is 0 Å². The quantitative estimate of drug-likeness (QED) is 0.578. The molecule has 0 spiro atoms. The van der Waals surface area contributed by atoms with E-state index in [1.165, 1.54) is 50.7 Å². The van der Waals surface area contributed by atoms with E-state index in [0.717, 1.165) is 6.07 Å². The van der Waals surface area contributed by atoms with Crippen molar-refractivity contribution in [3.05, 3.63) is 29.6 Å². The van der Waals surface area contributed by atoms with Gasteiger partial charge in [0.15, 0.2) is 0 Å². The topological polar surface area (TPSA) is 61.4 Å². The van der Waals surface area contributed by atoms with Crippen LogP contribution < -0.4 is 10.6 Å². The van der Waals surface area contributed by atoms with Gasteiger partial charge in [0.05, 0.1) is 5.56 Å². The number of nitrogens with one attached hydrogen (secondary N) is 2. The van der Waals surface area contributed by atoms with Gasteiger partial charge < -0.3 is 15.7 Å². The standard InChI is InChI=1S/C16H23FN2O2/c17-12-7-8-14(15(20)11-12)16(21)19-10-9-18-13-5-3-1-2-4-6-13/h7-8,11,13,18,20H,1-6,9-10H2,(H,19,21). The van der Waals surface area contributed by atoms with Gasteiger partial charge in [-0.25, -0.2) is 4.39 Å². The first-order valence-electron chi connectivity index (χ1n) is 7.67. The van der Waals surface area contributed by atoms with E-state index >= 15 is 0 Å². The maximum absolute atomic E-state index is 12.9. The average molecular weight is 294 g/mol. The van der Waals surface area contributed by atoms with Crippen LogP contribution in [0.15, 0.2) is 18.2 Å². The molecular weight excluding hydrogens is 271 g/mol. The van der Waals surface area contributed by atoms with Crippen molar-refractivity contribution in [3.63, 3.8) is 0 Å². The Morgan fingerprint density at radius 3 is 2.57 bits per heavy atom. The summed E-state index contributed by atoms with van der Waals surface area (Å²) in [7, 11) is 0. The zero-order valence-electron chi connectivity index (χ0n) is 12.2. The van der Waals surface area contributed by atoms with Crippen molar-refractivity contribution in [2.75, 3.05) is 13.1 Å². The van der Waals surface area contributed by atoms with Crippen molar-refractivity contribution in [3.8, 4) is 5.75 Å². The minimum atomic E-state index is -0.556. The lowest BCUT2D eigenvalue weighted by molar-refractivity contribution is 0.0950. The molecule has 21 heavy (non-hydrogen) atoms. The van der Waals surface area contributed by atoms with E-state index in [9.17, 15) is 14.3 Å². The normalized spacial score (nSPS) is 16.4. The minimum Gasteiger partial charge on any atom is -0.507 e. The second-order valence-electron chi connectivity index (χ2n) is 5.56. The fourth-order valence-corrected chi connectivity index (χ4v) is 2.73. The van der Waals surface area contributed by atoms with E-state index in [1.54, 1.807) is 0 Å². The summed E-state index contributed by atoms with van der Waals surface area (Å²) in [5.41, 5.74) is 0.103. The molecule has 1 aromatic rings. The third-order valence-electron chi connectivity index (χ3n) is 3.90. The summed E-state index contributed by atoms with van der Waals surface area (Å²) in [6.07, 6.45) is 7.58. The van der Waals surface area contributed by atoms with Crippen LogP contribution in [0.25, 0.3) is 0 Å². The van der Waals surface area contributed by atoms with Crippen LogP contribution in [0, 0.1) is 5.82 Å². The molecule has 0 aromatic heterocycles. The van der Waals surface area contributed by atoms with Crippen molar-refractivity contribution in [1.29, 1.82) is 0 Å². The zero-order valence-corrected chi connectivity index (χ0v) is 12.2. The van der Waals surface area contributed by atoms with E-state index in [4.69, 9.17) is 0 Å². The van der Waals surface area contributed by atoms with Gasteiger partial charge >= 0.3 is 0 Å². The largest absolute Gasteiger partial charge is 0.507 e. The van der Waals surface area contributed by atoms with Gasteiger partial charge in [0.1, 0.15) is 11.6 Å². The van der Waals surface area contributed by atoms with E-state index in [2.05, 4.69) is 10.6 Å². The number of halogens is 1. The van der Waals surface area contributed by atoms with E-state index in [0.29, 0.717) is 19.1 Å². The van der Waals surface area contributed by atoms with Gasteiger partial charge in [0.2, 0.25) is 0 Å². The van der Waals surface area contributed by atoms with Crippen LogP contribution in [0.1, 0.15) is 48.9 Å². The predicted molar refractivity (Wildman–Crippen MR) is 79.9 cm³/mol. The van der Waals surface area contributed by atoms with Crippen molar-refractivity contribution >= 4 is 5.91 Å². The van der Waals surface area contributed by atoms with Crippen LogP contribution in [0.2, 0.25) is 0 Å². The number of hydrogen-bond acceptors (Lipinski definition) is 3. The number of benzene rings is 1. The monoisotopic (exact) mass is 294 g/mol. The number of phenolic OH excluding ortho intramolecular Hbond substituents is 1. The van der Waals surface area contributed by atoms with Crippen molar-refractivity contribution in [2.24, 2.45) is 0 Å². The Kier molecular flexibility index (Phi) is 5.99. The second kappa shape index (κ2) is 7.98. The SMILES string of the molecule is O=C(NCCNC1CCCCCC1)c1ccc(F)cc1O. The molecule has 1 fully saturated rings. The summed E-state index contributed by atoms with van der Waals surface area (Å²) in [6.45, 7) is 1.20. The molecule has 116 valence electrons. The van der Waals surface area contributed by atoms with Gasteiger partial charge in [0.25, 0.3) is 5.91 Å². The van der Waals surface area contributed by atoms with Crippen molar-refractivity contribution in [1.82, 2.24) is 10.6 Å². The van der Waals surface area contributed by atoms with Crippen LogP contribution in [0.3, 0.4) is 0 Å². The third kappa shape index (κ3) is 5.01. The molecule has 0 saturated heterocycles. The Hall–Kier alpha value is -1.62. The van der Waals surface area contributed by atoms with E-state index in [-0.39, 0.29) is 17.2 Å². The Balaban J connectivity index is 1.71. The van der Waals surface area contributed by atoms with Crippen LogP contribution in [-0.4, -0.2) is 30.1 Å². The lowest BCUT2D eigenvalue weighted by Crippen LogP contribution is -2.36. The molecule has 0 heterocycles. The molecule has 0 bridgehead atoms. The average Bonchev–Trinajstić information content (AvgIpc) is 2.72. The number of carbonyl (C=O) groups is 1. The van der Waals surface area contributed by atoms with Gasteiger partial charge in [0, 0.05) is 25.2 Å². The molecule has 0 radical (unpaired) electrons. The van der Waals surface area contributed by atoms with Crippen molar-refractivity contribution < 1.29 is 14.3 Å². The fourth-order valence-electron chi connectivity index (χ4n) is 2.73. The van der Waals surface area contributed by atoms with E-state index < -0.39 is 5.82 Å². The molecule has 5 heteroatoms. The third-order valence-corrected chi connectivity index (χ3v) is 3.90. The number of amides is 1. The van der Waals surface area contributed by atoms with Crippen LogP contribution in [-0.2, 0) is 0 Å². The number of phenols is 1. The maximum Gasteiger partial charge on any atom is 0.255 e. The fraction of sp³-hybridized carbons (Fsp3) is 0.562. The van der Waals surface area contributed by atoms with Gasteiger partial charge in [-0.3, -0.25) is 4.79 Å². The zero-order chi connectivity index (χ0) is 15.1. The van der Waals surface area contributed by atoms with Crippen LogP contribution in [0.4, 0.5) is 4.39 Å². The molecule has 1 aliphatic rings. The highest BCUT2D eigenvalue weighted by Crippen LogP contribution is 2.18. The molecule has 0 atom stereocenters. The summed E-state index contributed by atoms with van der Waals surface area (Å²) >= 11 is 0. The Bertz CT molecular complexity index is 471. The first kappa shape index (κ1) is 15.8. The number of carbonyl (C=O) groups excluding carboxylic acids is 1. The molecule has 0 unspecified atom stereocenters. The maximum atomic E-state index is 12.9. The molecule has 1 amide bonds. The Morgan fingerprint density at radius 1 is 1.19 bits per heavy atom. The van der Waals surface area contributed by atoms with Gasteiger partial charge in [-0.15, -0.1) is 0 Å². The molecule has 1 aliphatic carbocycles. The molecule has 2 rings (SSSR count). The molecule has 0 aliphatic heterocycles. The number of hydrogen-bond donors (Lipinski definition) is 3. The summed E-state index contributed by atoms with van der Waals surface area (Å²) in [5, 5.41) is 15.7. The van der Waals surface area contributed by atoms with Crippen LogP contribution in [0.5, 0.6) is 5.75 Å². The lowest BCUT2D eigenvalue weighted by Gasteiger charge is -2.16. The van der Waals surface area contributed by atoms with Crippen molar-refractivity contribution in [2.45, 2.75) is 44.6 Å². The first-order chi connectivity index (χ1) is 10.2. The van der Waals surface area contributed by atoms with Gasteiger partial charge in [-0.05, 0) is 25.0 Å². The number of rotatable bonds is 5. The first-order valence-corrected chi connectivity index (χ1v) is 7.67. The molecule has 1 aromatic carbocycles. The minimum absolute atomic E-state index is 0.103. The molecule has 1 saturated carbocycles. The Morgan fingerprint density at radius 2 is 1.90 bits per heavy atom. The highest BCUT2D eigenvalue weighted by Gasteiger charge is 2.13. The summed E-state index contributed by atoms with van der Waals surface area (Å²) in [4.78, 5) is 11.9. The van der Waals surface area contributed by atoms with Gasteiger partial charge in [-0.1, -0.05) is 25.7 Å². The van der Waals surface area contributed by atoms with E-state index in [1.807, 2.05) is 0 Å². The highest BCUT2D eigenvalue weighted by molar-refractivity contribution is 5.96. The molecule has 3 N–H and O–H groups in total. The Labute approximate surface area is 124 Å².